The third-order valence-corrected chi connectivity index (χ3v) is 7.52. The van der Waals surface area contributed by atoms with Crippen molar-refractivity contribution in [3.05, 3.63) is 47.3 Å². The number of aromatic nitrogens is 2. The molecule has 5 rings (SSSR count). The maximum Gasteiger partial charge on any atom is 0.416 e. The number of methoxy groups -OCH3 is 1. The Morgan fingerprint density at radius 1 is 1.16 bits per heavy atom. The average Bonchev–Trinajstić information content (AvgIpc) is 3.50. The molecule has 3 N–H and O–H groups in total. The number of likely N-dealkylation sites (N-methyl/N-ethyl adjacent to an activating group) is 1. The lowest BCUT2D eigenvalue weighted by Crippen LogP contribution is -2.30. The lowest BCUT2D eigenvalue weighted by atomic mass is 10.0. The Morgan fingerprint density at radius 2 is 1.92 bits per heavy atom. The molecule has 1 saturated heterocycles. The Hall–Kier alpha value is -3.27. The molecule has 1 saturated carbocycles. The number of likely N-dealkylation sites (tertiary alicyclic amines) is 1. The molecule has 1 unspecified atom stereocenters. The van der Waals surface area contributed by atoms with E-state index < -0.39 is 17.8 Å². The zero-order chi connectivity index (χ0) is 26.5. The molecule has 1 aliphatic heterocycles. The molecule has 198 valence electrons. The van der Waals surface area contributed by atoms with Crippen molar-refractivity contribution in [2.24, 2.45) is 5.41 Å². The van der Waals surface area contributed by atoms with Gasteiger partial charge in [-0.1, -0.05) is 0 Å². The second-order valence-electron chi connectivity index (χ2n) is 10.5. The van der Waals surface area contributed by atoms with Crippen molar-refractivity contribution >= 4 is 22.4 Å². The lowest BCUT2D eigenvalue weighted by Gasteiger charge is -2.21. The van der Waals surface area contributed by atoms with Crippen LogP contribution in [0.4, 0.5) is 24.7 Å². The van der Waals surface area contributed by atoms with Gasteiger partial charge >= 0.3 is 6.18 Å². The van der Waals surface area contributed by atoms with Crippen molar-refractivity contribution in [2.45, 2.75) is 51.4 Å². The first kappa shape index (κ1) is 25.4. The Balaban J connectivity index is 1.44. The average molecular weight is 516 g/mol. The Morgan fingerprint density at radius 3 is 2.57 bits per heavy atom. The van der Waals surface area contributed by atoms with Crippen LogP contribution in [0.25, 0.3) is 10.9 Å². The summed E-state index contributed by atoms with van der Waals surface area (Å²) in [7, 11) is 3.72. The van der Waals surface area contributed by atoms with Crippen molar-refractivity contribution in [3.8, 4) is 11.5 Å². The highest BCUT2D eigenvalue weighted by molar-refractivity contribution is 5.92. The van der Waals surface area contributed by atoms with Gasteiger partial charge in [0.2, 0.25) is 0 Å². The first-order valence-electron chi connectivity index (χ1n) is 12.4. The van der Waals surface area contributed by atoms with Crippen LogP contribution in [0.5, 0.6) is 11.5 Å². The zero-order valence-electron chi connectivity index (χ0n) is 21.4. The number of hydrogen-bond donors (Lipinski definition) is 2. The first-order chi connectivity index (χ1) is 17.5. The number of ether oxygens (including phenoxy) is 2. The van der Waals surface area contributed by atoms with Crippen LogP contribution in [-0.4, -0.2) is 48.2 Å². The molecule has 1 aliphatic carbocycles. The lowest BCUT2D eigenvalue weighted by molar-refractivity contribution is -0.137. The highest BCUT2D eigenvalue weighted by Gasteiger charge is 2.50. The smallest absolute Gasteiger partial charge is 0.416 e. The molecule has 1 spiro atoms. The minimum Gasteiger partial charge on any atom is -0.493 e. The molecule has 3 aromatic rings. The monoisotopic (exact) mass is 515 g/mol. The molecule has 0 radical (unpaired) electrons. The van der Waals surface area contributed by atoms with Crippen LogP contribution < -0.4 is 20.5 Å². The highest BCUT2D eigenvalue weighted by atomic mass is 19.4. The molecule has 2 atom stereocenters. The minimum atomic E-state index is -4.49. The molecule has 7 nitrogen and oxygen atoms in total. The van der Waals surface area contributed by atoms with E-state index in [0.717, 1.165) is 25.1 Å². The number of benzene rings is 2. The molecule has 0 amide bonds. The molecular weight excluding hydrogens is 483 g/mol. The van der Waals surface area contributed by atoms with Crippen LogP contribution in [0.3, 0.4) is 0 Å². The van der Waals surface area contributed by atoms with Gasteiger partial charge in [-0.05, 0) is 75.4 Å². The van der Waals surface area contributed by atoms with Gasteiger partial charge in [0, 0.05) is 29.7 Å². The number of aryl methyl sites for hydroxylation is 1. The van der Waals surface area contributed by atoms with Crippen LogP contribution in [-0.2, 0) is 6.18 Å². The molecule has 10 heteroatoms. The summed E-state index contributed by atoms with van der Waals surface area (Å²) >= 11 is 0. The third kappa shape index (κ3) is 5.25. The number of nitrogen functional groups attached to an aromatic ring is 1. The van der Waals surface area contributed by atoms with E-state index in [-0.39, 0.29) is 5.69 Å². The summed E-state index contributed by atoms with van der Waals surface area (Å²) in [5.74, 6) is 2.15. The summed E-state index contributed by atoms with van der Waals surface area (Å²) in [6.07, 6.45) is -0.785. The Bertz CT molecular complexity index is 1330. The number of hydrogen-bond acceptors (Lipinski definition) is 7. The third-order valence-electron chi connectivity index (χ3n) is 7.52. The maximum absolute atomic E-state index is 13.3. The molecule has 2 aromatic carbocycles. The number of nitrogens with zero attached hydrogens (tertiary/aromatic N) is 3. The molecule has 0 bridgehead atoms. The van der Waals surface area contributed by atoms with Gasteiger partial charge in [-0.15, -0.1) is 0 Å². The van der Waals surface area contributed by atoms with Crippen LogP contribution in [0, 0.1) is 12.3 Å². The molecule has 2 aliphatic rings. The summed E-state index contributed by atoms with van der Waals surface area (Å²) in [6, 6.07) is 7.04. The van der Waals surface area contributed by atoms with Gasteiger partial charge in [-0.2, -0.15) is 13.2 Å². The summed E-state index contributed by atoms with van der Waals surface area (Å²) in [6.45, 7) is 5.17. The summed E-state index contributed by atoms with van der Waals surface area (Å²) in [5, 5.41) is 3.94. The first-order valence-corrected chi connectivity index (χ1v) is 12.4. The number of fused-ring (bicyclic) bond motifs is 1. The number of nitrogens with one attached hydrogen (secondary N) is 1. The molecular formula is C27H32F3N5O2. The van der Waals surface area contributed by atoms with Crippen LogP contribution in [0.2, 0.25) is 0 Å². The quantitative estimate of drug-likeness (QED) is 0.397. The highest BCUT2D eigenvalue weighted by Crippen LogP contribution is 2.54. The topological polar surface area (TPSA) is 85.5 Å². The summed E-state index contributed by atoms with van der Waals surface area (Å²) in [5.41, 5.74) is 6.56. The van der Waals surface area contributed by atoms with Gasteiger partial charge in [0.05, 0.1) is 24.2 Å². The van der Waals surface area contributed by atoms with Gasteiger partial charge in [-0.25, -0.2) is 9.97 Å². The predicted octanol–water partition coefficient (Wildman–Crippen LogP) is 5.58. The van der Waals surface area contributed by atoms with Gasteiger partial charge in [-0.3, -0.25) is 4.90 Å². The molecule has 1 aromatic heterocycles. The van der Waals surface area contributed by atoms with Gasteiger partial charge < -0.3 is 20.5 Å². The number of halogens is 3. The van der Waals surface area contributed by atoms with E-state index in [9.17, 15) is 13.2 Å². The van der Waals surface area contributed by atoms with Gasteiger partial charge in [0.1, 0.15) is 18.2 Å². The molecule has 2 fully saturated rings. The number of anilines is 2. The predicted molar refractivity (Wildman–Crippen MR) is 137 cm³/mol. The van der Waals surface area contributed by atoms with Gasteiger partial charge in [0.15, 0.2) is 11.5 Å². The number of rotatable bonds is 7. The Labute approximate surface area is 214 Å². The van der Waals surface area contributed by atoms with E-state index in [1.165, 1.54) is 18.9 Å². The van der Waals surface area contributed by atoms with E-state index >= 15 is 0 Å². The summed E-state index contributed by atoms with van der Waals surface area (Å²) in [4.78, 5) is 11.5. The van der Waals surface area contributed by atoms with E-state index in [2.05, 4.69) is 27.2 Å². The number of nitrogens with two attached hydrogens (primary N) is 1. The van der Waals surface area contributed by atoms with Crippen LogP contribution >= 0.6 is 0 Å². The summed E-state index contributed by atoms with van der Waals surface area (Å²) < 4.78 is 51.9. The van der Waals surface area contributed by atoms with E-state index in [1.807, 2.05) is 6.07 Å². The fourth-order valence-electron chi connectivity index (χ4n) is 5.30. The zero-order valence-corrected chi connectivity index (χ0v) is 21.4. The van der Waals surface area contributed by atoms with Gasteiger partial charge in [0.25, 0.3) is 0 Å². The maximum atomic E-state index is 13.3. The van der Waals surface area contributed by atoms with E-state index in [1.54, 1.807) is 27.0 Å². The second-order valence-corrected chi connectivity index (χ2v) is 10.5. The van der Waals surface area contributed by atoms with Crippen LogP contribution in [0.1, 0.15) is 49.2 Å². The normalized spacial score (nSPS) is 19.8. The number of alkyl halides is 3. The van der Waals surface area contributed by atoms with Crippen molar-refractivity contribution in [1.82, 2.24) is 14.9 Å². The SMILES string of the molecule is COc1cc2nc(C)nc(NC(C)c3cc(N)cc(C(F)(F)F)c3)c2cc1OC[C@@H]1CC2(CC2)CN1C. The van der Waals surface area contributed by atoms with E-state index in [0.29, 0.717) is 57.7 Å². The second kappa shape index (κ2) is 9.24. The van der Waals surface area contributed by atoms with Crippen molar-refractivity contribution in [3.63, 3.8) is 0 Å². The fraction of sp³-hybridized carbons (Fsp3) is 0.481. The van der Waals surface area contributed by atoms with E-state index in [4.69, 9.17) is 15.2 Å². The standard InChI is InChI=1S/C27H32F3N5O2/c1-15(17-7-18(27(28,29)30)9-19(31)8-17)32-25-21-10-24(23(36-4)11-22(21)33-16(2)34-25)37-13-20-12-26(5-6-26)14-35(20)3/h7-11,15,20H,5-6,12-14,31H2,1-4H3,(H,32,33,34)/t15?,20-/m0/s1. The van der Waals surface area contributed by atoms with Crippen molar-refractivity contribution < 1.29 is 22.6 Å². The molecule has 37 heavy (non-hydrogen) atoms. The molecule has 2 heterocycles. The fourth-order valence-corrected chi connectivity index (χ4v) is 5.30. The minimum absolute atomic E-state index is 0.0486. The Kier molecular flexibility index (Phi) is 6.34. The van der Waals surface area contributed by atoms with Crippen molar-refractivity contribution in [1.29, 1.82) is 0 Å². The van der Waals surface area contributed by atoms with Crippen LogP contribution in [0.15, 0.2) is 30.3 Å². The largest absolute Gasteiger partial charge is 0.493 e. The van der Waals surface area contributed by atoms with Crippen molar-refractivity contribution in [2.75, 3.05) is 38.4 Å².